The van der Waals surface area contributed by atoms with Gasteiger partial charge >= 0.3 is 5.97 Å². The van der Waals surface area contributed by atoms with E-state index in [0.717, 1.165) is 18.4 Å². The molecule has 0 saturated carbocycles. The van der Waals surface area contributed by atoms with Crippen LogP contribution < -0.4 is 0 Å². The highest BCUT2D eigenvalue weighted by molar-refractivity contribution is 7.90. The number of carbonyl (C=O) groups is 1. The number of benzene rings is 1. The number of hydrogen-bond donors (Lipinski definition) is 2. The number of aromatic nitrogens is 2. The second-order valence-corrected chi connectivity index (χ2v) is 5.94. The Morgan fingerprint density at radius 2 is 2.00 bits per heavy atom. The van der Waals surface area contributed by atoms with E-state index in [1.165, 1.54) is 12.1 Å². The predicted molar refractivity (Wildman–Crippen MR) is 64.1 cm³/mol. The molecule has 2 rings (SSSR count). The predicted octanol–water partition coefficient (Wildman–Crippen LogP) is 1.32. The molecule has 2 N–H and O–H groups in total. The number of hydrogen-bond acceptors (Lipinski definition) is 4. The minimum atomic E-state index is -3.56. The fourth-order valence-electron chi connectivity index (χ4n) is 1.50. The van der Waals surface area contributed by atoms with E-state index in [1.807, 2.05) is 0 Å². The molecule has 19 heavy (non-hydrogen) atoms. The van der Waals surface area contributed by atoms with Gasteiger partial charge in [0.1, 0.15) is 11.5 Å². The number of halogens is 1. The molecule has 0 atom stereocenters. The molecular weight excluding hydrogens is 275 g/mol. The Balaban J connectivity index is 2.56. The Morgan fingerprint density at radius 3 is 2.53 bits per heavy atom. The minimum absolute atomic E-state index is 0.154. The fraction of sp³-hybridized carbons (Fsp3) is 0.0909. The second-order valence-electron chi connectivity index (χ2n) is 3.92. The number of H-pyrrole nitrogens is 1. The van der Waals surface area contributed by atoms with E-state index >= 15 is 0 Å². The van der Waals surface area contributed by atoms with Gasteiger partial charge < -0.3 is 5.11 Å². The van der Waals surface area contributed by atoms with Crippen LogP contribution in [0.15, 0.2) is 29.2 Å². The largest absolute Gasteiger partial charge is 0.477 e. The molecule has 6 nitrogen and oxygen atoms in total. The summed E-state index contributed by atoms with van der Waals surface area (Å²) in [5.74, 6) is -1.95. The maximum atomic E-state index is 13.4. The topological polar surface area (TPSA) is 100 Å². The van der Waals surface area contributed by atoms with Gasteiger partial charge in [0.25, 0.3) is 0 Å². The molecule has 0 aliphatic rings. The zero-order valence-corrected chi connectivity index (χ0v) is 10.5. The normalized spacial score (nSPS) is 11.5. The van der Waals surface area contributed by atoms with Crippen molar-refractivity contribution in [2.75, 3.05) is 6.26 Å². The van der Waals surface area contributed by atoms with Crippen molar-refractivity contribution in [2.45, 2.75) is 4.90 Å². The van der Waals surface area contributed by atoms with Crippen LogP contribution >= 0.6 is 0 Å². The number of aromatic amines is 1. The third-order valence-electron chi connectivity index (χ3n) is 2.40. The first-order chi connectivity index (χ1) is 8.77. The van der Waals surface area contributed by atoms with E-state index in [4.69, 9.17) is 5.11 Å². The van der Waals surface area contributed by atoms with Crippen LogP contribution in [0.5, 0.6) is 0 Å². The first kappa shape index (κ1) is 13.2. The highest BCUT2D eigenvalue weighted by Gasteiger charge is 2.14. The lowest BCUT2D eigenvalue weighted by Crippen LogP contribution is -1.98. The van der Waals surface area contributed by atoms with Crippen LogP contribution in [0.25, 0.3) is 11.3 Å². The van der Waals surface area contributed by atoms with Gasteiger partial charge in [-0.05, 0) is 24.3 Å². The second kappa shape index (κ2) is 4.47. The molecule has 0 radical (unpaired) electrons. The van der Waals surface area contributed by atoms with Gasteiger partial charge in [0.05, 0.1) is 10.6 Å². The Labute approximate surface area is 107 Å². The van der Waals surface area contributed by atoms with Crippen LogP contribution in [0, 0.1) is 5.82 Å². The van der Waals surface area contributed by atoms with Gasteiger partial charge in [-0.15, -0.1) is 0 Å². The molecule has 8 heteroatoms. The van der Waals surface area contributed by atoms with Gasteiger partial charge in [0.15, 0.2) is 9.84 Å². The third-order valence-corrected chi connectivity index (χ3v) is 3.50. The molecule has 1 aromatic carbocycles. The van der Waals surface area contributed by atoms with Gasteiger partial charge in [0.2, 0.25) is 0 Å². The summed E-state index contributed by atoms with van der Waals surface area (Å²) in [6.45, 7) is 0. The highest BCUT2D eigenvalue weighted by Crippen LogP contribution is 2.23. The fourth-order valence-corrected chi connectivity index (χ4v) is 2.17. The van der Waals surface area contributed by atoms with Crippen LogP contribution in [0.3, 0.4) is 0 Å². The smallest absolute Gasteiger partial charge is 0.353 e. The third kappa shape index (κ3) is 2.79. The maximum absolute atomic E-state index is 13.4. The number of rotatable bonds is 3. The van der Waals surface area contributed by atoms with Crippen molar-refractivity contribution in [1.29, 1.82) is 0 Å². The lowest BCUT2D eigenvalue weighted by atomic mass is 10.1. The first-order valence-electron chi connectivity index (χ1n) is 5.07. The van der Waals surface area contributed by atoms with Crippen LogP contribution in [-0.2, 0) is 9.84 Å². The molecule has 0 aliphatic carbocycles. The average Bonchev–Trinajstić information content (AvgIpc) is 2.76. The molecule has 100 valence electrons. The lowest BCUT2D eigenvalue weighted by molar-refractivity contribution is 0.0690. The molecule has 1 heterocycles. The van der Waals surface area contributed by atoms with Crippen LogP contribution in [-0.4, -0.2) is 35.9 Å². The summed E-state index contributed by atoms with van der Waals surface area (Å²) in [7, 11) is -3.56. The maximum Gasteiger partial charge on any atom is 0.353 e. The first-order valence-corrected chi connectivity index (χ1v) is 6.96. The number of aromatic carboxylic acids is 1. The van der Waals surface area contributed by atoms with Crippen LogP contribution in [0.4, 0.5) is 4.39 Å². The molecule has 0 spiro atoms. The monoisotopic (exact) mass is 284 g/mol. The van der Waals surface area contributed by atoms with Crippen molar-refractivity contribution in [3.05, 3.63) is 35.8 Å². The molecule has 0 amide bonds. The zero-order valence-electron chi connectivity index (χ0n) is 9.71. The SMILES string of the molecule is CS(=O)(=O)c1cc(F)cc(-c2cc(C(=O)O)[nH]n2)c1. The van der Waals surface area contributed by atoms with Crippen molar-refractivity contribution >= 4 is 15.8 Å². The van der Waals surface area contributed by atoms with E-state index in [1.54, 1.807) is 0 Å². The average molecular weight is 284 g/mol. The number of carboxylic acids is 1. The van der Waals surface area contributed by atoms with Gasteiger partial charge in [-0.25, -0.2) is 17.6 Å². The van der Waals surface area contributed by atoms with Crippen LogP contribution in [0.1, 0.15) is 10.5 Å². The number of carboxylic acid groups (broad SMARTS) is 1. The van der Waals surface area contributed by atoms with E-state index in [-0.39, 0.29) is 21.8 Å². The number of nitrogens with zero attached hydrogens (tertiary/aromatic N) is 1. The summed E-state index contributed by atoms with van der Waals surface area (Å²) >= 11 is 0. The minimum Gasteiger partial charge on any atom is -0.477 e. The highest BCUT2D eigenvalue weighted by atomic mass is 32.2. The van der Waals surface area contributed by atoms with Crippen molar-refractivity contribution in [2.24, 2.45) is 0 Å². The zero-order chi connectivity index (χ0) is 14.2. The number of sulfone groups is 1. The summed E-state index contributed by atoms with van der Waals surface area (Å²) in [5.41, 5.74) is 0.172. The van der Waals surface area contributed by atoms with Gasteiger partial charge in [0, 0.05) is 11.8 Å². The van der Waals surface area contributed by atoms with Gasteiger partial charge in [-0.1, -0.05) is 0 Å². The summed E-state index contributed by atoms with van der Waals surface area (Å²) < 4.78 is 36.2. The standard InChI is InChI=1S/C11H9FN2O4S/c1-19(17,18)8-3-6(2-7(12)4-8)9-5-10(11(15)16)14-13-9/h2-5H,1H3,(H,13,14)(H,15,16). The Morgan fingerprint density at radius 1 is 1.32 bits per heavy atom. The Hall–Kier alpha value is -2.22. The summed E-state index contributed by atoms with van der Waals surface area (Å²) in [5, 5.41) is 14.7. The summed E-state index contributed by atoms with van der Waals surface area (Å²) in [6, 6.07) is 4.41. The molecule has 0 aliphatic heterocycles. The lowest BCUT2D eigenvalue weighted by Gasteiger charge is -2.02. The van der Waals surface area contributed by atoms with Crippen molar-refractivity contribution in [3.8, 4) is 11.3 Å². The Kier molecular flexibility index (Phi) is 3.11. The molecule has 0 unspecified atom stereocenters. The quantitative estimate of drug-likeness (QED) is 0.885. The van der Waals surface area contributed by atoms with E-state index in [9.17, 15) is 17.6 Å². The van der Waals surface area contributed by atoms with Crippen molar-refractivity contribution in [3.63, 3.8) is 0 Å². The van der Waals surface area contributed by atoms with Crippen molar-refractivity contribution < 1.29 is 22.7 Å². The van der Waals surface area contributed by atoms with Crippen LogP contribution in [0.2, 0.25) is 0 Å². The van der Waals surface area contributed by atoms with E-state index in [0.29, 0.717) is 0 Å². The molecule has 0 fully saturated rings. The van der Waals surface area contributed by atoms with Crippen molar-refractivity contribution in [1.82, 2.24) is 10.2 Å². The molecule has 0 saturated heterocycles. The summed E-state index contributed by atoms with van der Waals surface area (Å²) in [4.78, 5) is 10.5. The van der Waals surface area contributed by atoms with Gasteiger partial charge in [-0.3, -0.25) is 5.10 Å². The Bertz CT molecular complexity index is 752. The van der Waals surface area contributed by atoms with Gasteiger partial charge in [-0.2, -0.15) is 5.10 Å². The van der Waals surface area contributed by atoms with E-state index < -0.39 is 21.6 Å². The summed E-state index contributed by atoms with van der Waals surface area (Å²) in [6.07, 6.45) is 0.957. The molecule has 0 bridgehead atoms. The van der Waals surface area contributed by atoms with E-state index in [2.05, 4.69) is 10.2 Å². The number of nitrogens with one attached hydrogen (secondary N) is 1. The molecule has 1 aromatic heterocycles. The molecular formula is C11H9FN2O4S. The molecule has 2 aromatic rings.